The molecule has 216 valence electrons. The summed E-state index contributed by atoms with van der Waals surface area (Å²) >= 11 is 0. The van der Waals surface area contributed by atoms with Crippen molar-refractivity contribution in [2.24, 2.45) is 0 Å². The van der Waals surface area contributed by atoms with Crippen molar-refractivity contribution in [2.45, 2.75) is 13.8 Å². The van der Waals surface area contributed by atoms with Crippen molar-refractivity contribution in [3.8, 4) is 39.1 Å². The van der Waals surface area contributed by atoms with Gasteiger partial charge in [-0.2, -0.15) is 0 Å². The van der Waals surface area contributed by atoms with E-state index in [1.165, 1.54) is 29.2 Å². The first-order valence-electron chi connectivity index (χ1n) is 14.3. The van der Waals surface area contributed by atoms with Crippen LogP contribution in [-0.2, 0) is 14.3 Å². The lowest BCUT2D eigenvalue weighted by atomic mass is 9.96. The van der Waals surface area contributed by atoms with Crippen LogP contribution in [-0.4, -0.2) is 38.2 Å². The summed E-state index contributed by atoms with van der Waals surface area (Å²) in [7, 11) is 0. The highest BCUT2D eigenvalue weighted by atomic mass is 16.6. The van der Waals surface area contributed by atoms with E-state index in [1.54, 1.807) is 24.3 Å². The highest BCUT2D eigenvalue weighted by Crippen LogP contribution is 2.28. The first kappa shape index (κ1) is 29.5. The molecule has 0 atom stereocenters. The molecule has 0 unspecified atom stereocenters. The molecule has 43 heavy (non-hydrogen) atoms. The van der Waals surface area contributed by atoms with Crippen LogP contribution in [0.3, 0.4) is 0 Å². The van der Waals surface area contributed by atoms with Gasteiger partial charge in [0, 0.05) is 18.1 Å². The maximum absolute atomic E-state index is 13.0. The molecule has 0 fully saturated rings. The molecule has 0 aliphatic carbocycles. The summed E-state index contributed by atoms with van der Waals surface area (Å²) in [5, 5.41) is 0. The second kappa shape index (κ2) is 14.3. The molecule has 0 aliphatic heterocycles. The Bertz CT molecular complexity index is 1640. The SMILES string of the molecule is CC(=O)OCCOCCOc1ccc(C(=O)c2ccc(-c3ccc(-c4ccc(-c5ccc(C)cc5)cc4)cc3)cc2)cc1. The van der Waals surface area contributed by atoms with Gasteiger partial charge in [-0.05, 0) is 64.6 Å². The fourth-order valence-electron chi connectivity index (χ4n) is 4.70. The lowest BCUT2D eigenvalue weighted by molar-refractivity contribution is -0.142. The van der Waals surface area contributed by atoms with E-state index in [0.717, 1.165) is 16.7 Å². The molecular weight excluding hydrogens is 536 g/mol. The summed E-state index contributed by atoms with van der Waals surface area (Å²) in [5.74, 6) is 0.282. The Labute approximate surface area is 252 Å². The normalized spacial score (nSPS) is 10.7. The molecule has 0 radical (unpaired) electrons. The van der Waals surface area contributed by atoms with Gasteiger partial charge in [0.25, 0.3) is 0 Å². The van der Waals surface area contributed by atoms with Crippen LogP contribution in [0.1, 0.15) is 28.4 Å². The van der Waals surface area contributed by atoms with Crippen LogP contribution in [0.4, 0.5) is 0 Å². The fourth-order valence-corrected chi connectivity index (χ4v) is 4.70. The molecule has 5 rings (SSSR count). The first-order valence-corrected chi connectivity index (χ1v) is 14.3. The maximum Gasteiger partial charge on any atom is 0.302 e. The maximum atomic E-state index is 13.0. The van der Waals surface area contributed by atoms with E-state index >= 15 is 0 Å². The summed E-state index contributed by atoms with van der Waals surface area (Å²) in [6, 6.07) is 40.5. The van der Waals surface area contributed by atoms with E-state index in [4.69, 9.17) is 14.2 Å². The Morgan fingerprint density at radius 2 is 0.860 bits per heavy atom. The highest BCUT2D eigenvalue weighted by molar-refractivity contribution is 6.09. The number of carbonyl (C=O) groups excluding carboxylic acids is 2. The zero-order valence-electron chi connectivity index (χ0n) is 24.4. The number of hydrogen-bond acceptors (Lipinski definition) is 5. The Morgan fingerprint density at radius 1 is 0.488 bits per heavy atom. The number of esters is 1. The Hall–Kier alpha value is -5.00. The van der Waals surface area contributed by atoms with E-state index in [-0.39, 0.29) is 18.4 Å². The topological polar surface area (TPSA) is 61.8 Å². The van der Waals surface area contributed by atoms with Gasteiger partial charge in [-0.15, -0.1) is 0 Å². The summed E-state index contributed by atoms with van der Waals surface area (Å²) < 4.78 is 15.8. The van der Waals surface area contributed by atoms with Gasteiger partial charge < -0.3 is 14.2 Å². The Morgan fingerprint density at radius 3 is 1.30 bits per heavy atom. The van der Waals surface area contributed by atoms with Crippen LogP contribution in [0.5, 0.6) is 5.75 Å². The highest BCUT2D eigenvalue weighted by Gasteiger charge is 2.10. The number of ketones is 1. The molecule has 0 aliphatic rings. The van der Waals surface area contributed by atoms with Crippen molar-refractivity contribution in [3.63, 3.8) is 0 Å². The summed E-state index contributed by atoms with van der Waals surface area (Å²) in [5.41, 5.74) is 9.37. The predicted molar refractivity (Wildman–Crippen MR) is 170 cm³/mol. The van der Waals surface area contributed by atoms with Gasteiger partial charge in [0.2, 0.25) is 0 Å². The number of ether oxygens (including phenoxy) is 3. The van der Waals surface area contributed by atoms with Crippen LogP contribution in [0, 0.1) is 6.92 Å². The number of benzene rings is 5. The lowest BCUT2D eigenvalue weighted by Gasteiger charge is -2.09. The van der Waals surface area contributed by atoms with Gasteiger partial charge in [0.1, 0.15) is 19.0 Å². The fraction of sp³-hybridized carbons (Fsp3) is 0.158. The predicted octanol–water partition coefficient (Wildman–Crippen LogP) is 8.19. The van der Waals surface area contributed by atoms with E-state index in [2.05, 4.69) is 79.7 Å². The first-order chi connectivity index (χ1) is 21.0. The Balaban J connectivity index is 1.14. The number of rotatable bonds is 12. The molecule has 5 aromatic carbocycles. The van der Waals surface area contributed by atoms with Crippen molar-refractivity contribution in [1.29, 1.82) is 0 Å². The molecule has 0 saturated heterocycles. The van der Waals surface area contributed by atoms with Crippen molar-refractivity contribution in [2.75, 3.05) is 26.4 Å². The molecule has 5 heteroatoms. The minimum absolute atomic E-state index is 0.0451. The van der Waals surface area contributed by atoms with Gasteiger partial charge in [0.05, 0.1) is 13.2 Å². The van der Waals surface area contributed by atoms with Gasteiger partial charge in [-0.25, -0.2) is 0 Å². The third kappa shape index (κ3) is 8.06. The van der Waals surface area contributed by atoms with Crippen LogP contribution >= 0.6 is 0 Å². The molecule has 0 amide bonds. The van der Waals surface area contributed by atoms with Gasteiger partial charge >= 0.3 is 5.97 Å². The van der Waals surface area contributed by atoms with E-state index in [1.807, 2.05) is 24.3 Å². The average Bonchev–Trinajstić information content (AvgIpc) is 3.05. The minimum Gasteiger partial charge on any atom is -0.491 e. The Kier molecular flexibility index (Phi) is 9.78. The van der Waals surface area contributed by atoms with Crippen LogP contribution in [0.25, 0.3) is 33.4 Å². The van der Waals surface area contributed by atoms with Gasteiger partial charge in [-0.1, -0.05) is 103 Å². The van der Waals surface area contributed by atoms with Crippen molar-refractivity contribution in [1.82, 2.24) is 0 Å². The molecular formula is C38H34O5. The third-order valence-corrected chi connectivity index (χ3v) is 7.11. The van der Waals surface area contributed by atoms with E-state index in [9.17, 15) is 9.59 Å². The third-order valence-electron chi connectivity index (χ3n) is 7.11. The molecule has 5 aromatic rings. The van der Waals surface area contributed by atoms with E-state index < -0.39 is 0 Å². The molecule has 0 N–H and O–H groups in total. The number of hydrogen-bond donors (Lipinski definition) is 0. The minimum atomic E-state index is -0.326. The molecule has 0 heterocycles. The van der Waals surface area contributed by atoms with Crippen molar-refractivity contribution < 1.29 is 23.8 Å². The summed E-state index contributed by atoms with van der Waals surface area (Å²) in [4.78, 5) is 23.8. The summed E-state index contributed by atoms with van der Waals surface area (Å²) in [6.45, 7) is 4.74. The second-order valence-electron chi connectivity index (χ2n) is 10.3. The van der Waals surface area contributed by atoms with Crippen LogP contribution in [0.15, 0.2) is 121 Å². The standard InChI is InChI=1S/C38H34O5/c1-27-3-5-29(6-4-27)30-7-9-31(10-8-30)32-11-13-33(14-12-32)34-15-17-35(18-16-34)38(40)36-19-21-37(22-20-36)43-26-24-41-23-25-42-28(2)39/h3-22H,23-26H2,1-2H3. The molecule has 0 spiro atoms. The monoisotopic (exact) mass is 570 g/mol. The smallest absolute Gasteiger partial charge is 0.302 e. The van der Waals surface area contributed by atoms with Crippen molar-refractivity contribution in [3.05, 3.63) is 138 Å². The largest absolute Gasteiger partial charge is 0.491 e. The zero-order chi connectivity index (χ0) is 30.0. The molecule has 0 bridgehead atoms. The van der Waals surface area contributed by atoms with Gasteiger partial charge in [0.15, 0.2) is 5.78 Å². The van der Waals surface area contributed by atoms with E-state index in [0.29, 0.717) is 36.7 Å². The second-order valence-corrected chi connectivity index (χ2v) is 10.3. The summed E-state index contributed by atoms with van der Waals surface area (Å²) in [6.07, 6.45) is 0. The number of carbonyl (C=O) groups is 2. The number of aryl methyl sites for hydroxylation is 1. The zero-order valence-corrected chi connectivity index (χ0v) is 24.4. The molecule has 0 aromatic heterocycles. The van der Waals surface area contributed by atoms with Crippen LogP contribution in [0.2, 0.25) is 0 Å². The van der Waals surface area contributed by atoms with Crippen molar-refractivity contribution >= 4 is 11.8 Å². The van der Waals surface area contributed by atoms with Gasteiger partial charge in [-0.3, -0.25) is 9.59 Å². The molecule has 5 nitrogen and oxygen atoms in total. The lowest BCUT2D eigenvalue weighted by Crippen LogP contribution is -2.12. The quantitative estimate of drug-likeness (QED) is 0.0860. The van der Waals surface area contributed by atoms with Crippen LogP contribution < -0.4 is 4.74 Å². The molecule has 0 saturated carbocycles. The average molecular weight is 571 g/mol.